The average Bonchev–Trinajstić information content (AvgIpc) is 3.61. The topological polar surface area (TPSA) is 184 Å². The van der Waals surface area contributed by atoms with Crippen LogP contribution < -0.4 is 5.32 Å². The Labute approximate surface area is 322 Å². The number of carboxylic acid groups (broad SMARTS) is 1. The predicted molar refractivity (Wildman–Crippen MR) is 206 cm³/mol. The average molecular weight is 768 g/mol. The van der Waals surface area contributed by atoms with Gasteiger partial charge in [-0.1, -0.05) is 71.9 Å². The SMILES string of the molecule is C=C/C=C(\C=C/C)[C@@H](CNC(=O)C(C)C(OC)[C@@H]1CCCN1C(=O)CC(OC)C(C(C)CC)N(C)C(=O)CC(C)C)OC.O=C(O)[C@H]1OCC(O)CC1O. The van der Waals surface area contributed by atoms with Crippen molar-refractivity contribution in [3.05, 3.63) is 36.5 Å². The van der Waals surface area contributed by atoms with E-state index in [1.807, 2.05) is 57.9 Å². The fourth-order valence-electron chi connectivity index (χ4n) is 7.14. The number of ether oxygens (including phenoxy) is 4. The van der Waals surface area contributed by atoms with Gasteiger partial charge in [-0.05, 0) is 37.2 Å². The molecule has 0 spiro atoms. The minimum atomic E-state index is -1.19. The van der Waals surface area contributed by atoms with Crippen LogP contribution in [0.15, 0.2) is 36.5 Å². The standard InChI is InChI=1S/C34H59N3O6.C6H10O5/c1-12-16-26(17-13-2)29(42-10)22-35-34(40)25(7)33(43-11)27-18-15-19-37(27)31(39)21-28(41-9)32(24(6)14-3)36(8)30(38)20-23(4)5;7-3-1-4(8)5(6(9)10)11-2-3/h12-13,16-17,23-25,27-29,32-33H,1,14-15,18-22H2,2-11H3,(H,35,40);3-5,7-8H,1-2H2,(H,9,10)/b17-13-,26-16+;/t24?,25?,27-,28?,29+,32?,33?;3?,4?,5-/m00/s1. The molecule has 0 radical (unpaired) electrons. The molecule has 7 unspecified atom stereocenters. The second-order valence-electron chi connectivity index (χ2n) is 14.7. The molecule has 0 bridgehead atoms. The molecule has 0 aromatic carbocycles. The molecule has 2 aliphatic heterocycles. The molecule has 2 saturated heterocycles. The number of likely N-dealkylation sites (N-methyl/N-ethyl adjacent to an activating group) is 1. The Morgan fingerprint density at radius 2 is 1.72 bits per heavy atom. The van der Waals surface area contributed by atoms with E-state index in [9.17, 15) is 19.2 Å². The van der Waals surface area contributed by atoms with E-state index in [1.54, 1.807) is 32.3 Å². The Bertz CT molecular complexity index is 1240. The van der Waals surface area contributed by atoms with Crippen molar-refractivity contribution in [2.45, 2.75) is 129 Å². The van der Waals surface area contributed by atoms with Gasteiger partial charge in [0.15, 0.2) is 6.10 Å². The van der Waals surface area contributed by atoms with Gasteiger partial charge in [-0.3, -0.25) is 14.4 Å². The third-order valence-electron chi connectivity index (χ3n) is 10.2. The van der Waals surface area contributed by atoms with Crippen LogP contribution in [0, 0.1) is 17.8 Å². The summed E-state index contributed by atoms with van der Waals surface area (Å²) in [4.78, 5) is 54.1. The Morgan fingerprint density at radius 3 is 2.22 bits per heavy atom. The number of aliphatic hydroxyl groups excluding tert-OH is 2. The van der Waals surface area contributed by atoms with Crippen LogP contribution in [-0.2, 0) is 38.1 Å². The van der Waals surface area contributed by atoms with E-state index in [-0.39, 0.29) is 67.2 Å². The molecule has 0 saturated carbocycles. The summed E-state index contributed by atoms with van der Waals surface area (Å²) < 4.78 is 22.1. The van der Waals surface area contributed by atoms with Crippen molar-refractivity contribution in [2.24, 2.45) is 17.8 Å². The maximum absolute atomic E-state index is 13.8. The molecule has 14 nitrogen and oxygen atoms in total. The number of carbonyl (C=O) groups is 4. The molecular weight excluding hydrogens is 698 g/mol. The molecule has 2 rings (SSSR count). The number of aliphatic carboxylic acids is 1. The second-order valence-corrected chi connectivity index (χ2v) is 14.7. The third-order valence-corrected chi connectivity index (χ3v) is 10.2. The lowest BCUT2D eigenvalue weighted by molar-refractivity contribution is -0.173. The van der Waals surface area contributed by atoms with E-state index < -0.39 is 42.4 Å². The zero-order valence-electron chi connectivity index (χ0n) is 34.2. The van der Waals surface area contributed by atoms with Gasteiger partial charge in [0, 0.05) is 54.3 Å². The summed E-state index contributed by atoms with van der Waals surface area (Å²) in [6, 6.07) is -0.471. The largest absolute Gasteiger partial charge is 0.479 e. The van der Waals surface area contributed by atoms with Crippen molar-refractivity contribution in [1.82, 2.24) is 15.1 Å². The van der Waals surface area contributed by atoms with Crippen LogP contribution in [0.1, 0.15) is 80.1 Å². The molecule has 0 aliphatic carbocycles. The van der Waals surface area contributed by atoms with Gasteiger partial charge in [-0.15, -0.1) is 0 Å². The molecule has 0 aromatic heterocycles. The summed E-state index contributed by atoms with van der Waals surface area (Å²) in [7, 11) is 6.63. The Kier molecular flexibility index (Phi) is 22.7. The first-order valence-corrected chi connectivity index (χ1v) is 19.1. The Hall–Kier alpha value is -3.14. The lowest BCUT2D eigenvalue weighted by Gasteiger charge is -2.39. The van der Waals surface area contributed by atoms with Gasteiger partial charge in [0.1, 0.15) is 0 Å². The number of methoxy groups -OCH3 is 3. The first-order valence-electron chi connectivity index (χ1n) is 19.1. The van der Waals surface area contributed by atoms with Crippen molar-refractivity contribution >= 4 is 23.7 Å². The van der Waals surface area contributed by atoms with Crippen LogP contribution in [-0.4, -0.2) is 146 Å². The molecule has 54 heavy (non-hydrogen) atoms. The molecular formula is C40H69N3O11. The zero-order chi connectivity index (χ0) is 41.1. The maximum atomic E-state index is 13.8. The number of hydrogen-bond acceptors (Lipinski definition) is 10. The van der Waals surface area contributed by atoms with Crippen molar-refractivity contribution in [1.29, 1.82) is 0 Å². The van der Waals surface area contributed by atoms with Crippen LogP contribution in [0.3, 0.4) is 0 Å². The Morgan fingerprint density at radius 1 is 1.06 bits per heavy atom. The van der Waals surface area contributed by atoms with Crippen molar-refractivity contribution < 1.29 is 53.4 Å². The van der Waals surface area contributed by atoms with Crippen LogP contribution in [0.5, 0.6) is 0 Å². The van der Waals surface area contributed by atoms with Gasteiger partial charge in [-0.25, -0.2) is 4.79 Å². The number of allylic oxidation sites excluding steroid dienone is 3. The highest BCUT2D eigenvalue weighted by atomic mass is 16.5. The second kappa shape index (κ2) is 25.1. The summed E-state index contributed by atoms with van der Waals surface area (Å²) in [5.41, 5.74) is 0.906. The Balaban J connectivity index is 0.00000112. The lowest BCUT2D eigenvalue weighted by Crippen LogP contribution is -2.53. The van der Waals surface area contributed by atoms with Gasteiger partial charge < -0.3 is 49.4 Å². The fourth-order valence-corrected chi connectivity index (χ4v) is 7.14. The number of nitrogens with one attached hydrogen (secondary N) is 1. The fraction of sp³-hybridized carbons (Fsp3) is 0.750. The number of carboxylic acids is 1. The quantitative estimate of drug-likeness (QED) is 0.133. The number of likely N-dealkylation sites (tertiary alicyclic amines) is 1. The number of nitrogens with zero attached hydrogens (tertiary/aromatic N) is 2. The smallest absolute Gasteiger partial charge is 0.335 e. The summed E-state index contributed by atoms with van der Waals surface area (Å²) in [6.45, 7) is 16.6. The lowest BCUT2D eigenvalue weighted by atomic mass is 9.90. The minimum absolute atomic E-state index is 0.0198. The molecule has 14 heteroatoms. The van der Waals surface area contributed by atoms with Gasteiger partial charge >= 0.3 is 5.97 Å². The van der Waals surface area contributed by atoms with Gasteiger partial charge in [0.2, 0.25) is 17.7 Å². The number of carbonyl (C=O) groups excluding carboxylic acids is 3. The van der Waals surface area contributed by atoms with E-state index in [2.05, 4.69) is 30.5 Å². The van der Waals surface area contributed by atoms with Gasteiger partial charge in [0.25, 0.3) is 0 Å². The van der Waals surface area contributed by atoms with Crippen LogP contribution in [0.4, 0.5) is 0 Å². The van der Waals surface area contributed by atoms with E-state index in [0.717, 1.165) is 24.8 Å². The van der Waals surface area contributed by atoms with E-state index in [4.69, 9.17) is 29.5 Å². The highest BCUT2D eigenvalue weighted by Crippen LogP contribution is 2.29. The molecule has 2 heterocycles. The maximum Gasteiger partial charge on any atom is 0.335 e. The number of rotatable bonds is 20. The van der Waals surface area contributed by atoms with Crippen molar-refractivity contribution in [2.75, 3.05) is 48.1 Å². The molecule has 4 N–H and O–H groups in total. The van der Waals surface area contributed by atoms with Crippen molar-refractivity contribution in [3.63, 3.8) is 0 Å². The third kappa shape index (κ3) is 14.8. The number of hydrogen-bond donors (Lipinski definition) is 4. The monoisotopic (exact) mass is 767 g/mol. The van der Waals surface area contributed by atoms with E-state index in [0.29, 0.717) is 19.5 Å². The minimum Gasteiger partial charge on any atom is -0.479 e. The zero-order valence-corrected chi connectivity index (χ0v) is 34.2. The first kappa shape index (κ1) is 48.9. The molecule has 310 valence electrons. The van der Waals surface area contributed by atoms with Gasteiger partial charge in [-0.2, -0.15) is 0 Å². The molecule has 3 amide bonds. The van der Waals surface area contributed by atoms with E-state index in [1.165, 1.54) is 0 Å². The summed E-state index contributed by atoms with van der Waals surface area (Å²) >= 11 is 0. The number of amides is 3. The normalized spacial score (nSPS) is 23.8. The summed E-state index contributed by atoms with van der Waals surface area (Å²) in [5.74, 6) is -1.46. The van der Waals surface area contributed by atoms with Crippen LogP contribution in [0.2, 0.25) is 0 Å². The van der Waals surface area contributed by atoms with Crippen LogP contribution >= 0.6 is 0 Å². The summed E-state index contributed by atoms with van der Waals surface area (Å²) in [5, 5.41) is 29.4. The molecule has 2 aliphatic rings. The van der Waals surface area contributed by atoms with Crippen molar-refractivity contribution in [3.8, 4) is 0 Å². The van der Waals surface area contributed by atoms with E-state index >= 15 is 0 Å². The summed E-state index contributed by atoms with van der Waals surface area (Å²) in [6.07, 6.45) is 6.21. The predicted octanol–water partition coefficient (Wildman–Crippen LogP) is 3.35. The molecule has 2 fully saturated rings. The number of aliphatic hydroxyl groups is 2. The highest BCUT2D eigenvalue weighted by Gasteiger charge is 2.42. The molecule has 0 aromatic rings. The van der Waals surface area contributed by atoms with Gasteiger partial charge in [0.05, 0.1) is 61.5 Å². The first-order chi connectivity index (χ1) is 25.5. The molecule has 10 atom stereocenters. The van der Waals surface area contributed by atoms with Crippen LogP contribution in [0.25, 0.3) is 0 Å². The highest BCUT2D eigenvalue weighted by molar-refractivity contribution is 5.80.